The lowest BCUT2D eigenvalue weighted by atomic mass is 10.4. The summed E-state index contributed by atoms with van der Waals surface area (Å²) in [4.78, 5) is 0. The summed E-state index contributed by atoms with van der Waals surface area (Å²) in [7, 11) is 0. The van der Waals surface area contributed by atoms with E-state index in [9.17, 15) is 0 Å². The third-order valence-corrected chi connectivity index (χ3v) is 0.774. The molecule has 0 aromatic heterocycles. The summed E-state index contributed by atoms with van der Waals surface area (Å²) < 4.78 is 4.98. The number of hydrogen-bond acceptors (Lipinski definition) is 1. The second kappa shape index (κ2) is 5.89. The monoisotopic (exact) mass is 136 g/mol. The average molecular weight is 136 g/mol. The normalized spacial score (nSPS) is 10.5. The van der Waals surface area contributed by atoms with Crippen LogP contribution in [0.3, 0.4) is 0 Å². The van der Waals surface area contributed by atoms with Gasteiger partial charge in [-0.05, 0) is 13.0 Å². The van der Waals surface area contributed by atoms with E-state index in [0.29, 0.717) is 5.76 Å². The van der Waals surface area contributed by atoms with Gasteiger partial charge in [0.15, 0.2) is 0 Å². The third kappa shape index (κ3) is 4.91. The average Bonchev–Trinajstić information content (AvgIpc) is 1.97. The molecule has 10 heavy (non-hydrogen) atoms. The fourth-order valence-electron chi connectivity index (χ4n) is 0.370. The molecule has 1 heteroatoms. The van der Waals surface area contributed by atoms with Gasteiger partial charge in [-0.25, -0.2) is 0 Å². The molecule has 0 saturated carbocycles. The highest BCUT2D eigenvalue weighted by molar-refractivity contribution is 5.13. The molecule has 0 saturated heterocycles. The maximum absolute atomic E-state index is 4.98. The van der Waals surface area contributed by atoms with Gasteiger partial charge in [0, 0.05) is 0 Å². The first kappa shape index (κ1) is 8.76. The van der Waals surface area contributed by atoms with E-state index in [1.54, 1.807) is 30.6 Å². The van der Waals surface area contributed by atoms with Crippen LogP contribution in [0.2, 0.25) is 0 Å². The predicted molar refractivity (Wildman–Crippen MR) is 44.4 cm³/mol. The second-order valence-corrected chi connectivity index (χ2v) is 1.65. The Labute approximate surface area is 62.0 Å². The van der Waals surface area contributed by atoms with Crippen LogP contribution in [0.5, 0.6) is 0 Å². The van der Waals surface area contributed by atoms with Crippen LogP contribution >= 0.6 is 0 Å². The van der Waals surface area contributed by atoms with E-state index in [1.165, 1.54) is 0 Å². The summed E-state index contributed by atoms with van der Waals surface area (Å²) in [5.41, 5.74) is 0. The number of ether oxygens (including phenoxy) is 1. The van der Waals surface area contributed by atoms with Gasteiger partial charge in [0.2, 0.25) is 0 Å². The largest absolute Gasteiger partial charge is 0.466 e. The van der Waals surface area contributed by atoms with Crippen molar-refractivity contribution in [2.24, 2.45) is 0 Å². The smallest absolute Gasteiger partial charge is 0.119 e. The van der Waals surface area contributed by atoms with Crippen molar-refractivity contribution < 1.29 is 4.74 Å². The molecule has 0 bridgehead atoms. The Balaban J connectivity index is 3.63. The van der Waals surface area contributed by atoms with Crippen molar-refractivity contribution in [2.75, 3.05) is 0 Å². The van der Waals surface area contributed by atoms with Gasteiger partial charge in [0.05, 0.1) is 6.26 Å². The highest BCUT2D eigenvalue weighted by atomic mass is 16.5. The molecule has 1 nitrogen and oxygen atoms in total. The summed E-state index contributed by atoms with van der Waals surface area (Å²) >= 11 is 0. The van der Waals surface area contributed by atoms with E-state index in [4.69, 9.17) is 4.74 Å². The molecule has 0 unspecified atom stereocenters. The summed E-state index contributed by atoms with van der Waals surface area (Å²) in [5, 5.41) is 0. The molecule has 0 N–H and O–H groups in total. The fraction of sp³-hybridized carbons (Fsp3) is 0.111. The Hall–Kier alpha value is -1.24. The molecule has 54 valence electrons. The molecule has 0 rings (SSSR count). The minimum absolute atomic E-state index is 0.609. The van der Waals surface area contributed by atoms with Crippen molar-refractivity contribution >= 4 is 0 Å². The Morgan fingerprint density at radius 3 is 2.70 bits per heavy atom. The molecule has 0 radical (unpaired) electrons. The van der Waals surface area contributed by atoms with Crippen LogP contribution in [-0.4, -0.2) is 0 Å². The zero-order valence-corrected chi connectivity index (χ0v) is 6.21. The quantitative estimate of drug-likeness (QED) is 0.426. The van der Waals surface area contributed by atoms with E-state index in [2.05, 4.69) is 13.2 Å². The molecule has 0 fully saturated rings. The van der Waals surface area contributed by atoms with Crippen LogP contribution in [0.1, 0.15) is 6.92 Å². The lowest BCUT2D eigenvalue weighted by Gasteiger charge is -1.94. The predicted octanol–water partition coefficient (Wildman–Crippen LogP) is 2.79. The van der Waals surface area contributed by atoms with Gasteiger partial charge in [-0.2, -0.15) is 0 Å². The maximum atomic E-state index is 4.98. The van der Waals surface area contributed by atoms with Crippen LogP contribution in [-0.2, 0) is 4.74 Å². The fourth-order valence-corrected chi connectivity index (χ4v) is 0.370. The van der Waals surface area contributed by atoms with E-state index in [0.717, 1.165) is 0 Å². The SMILES string of the molecule is C=C/C=C\C(=C)O/C=C/C. The van der Waals surface area contributed by atoms with E-state index in [-0.39, 0.29) is 0 Å². The first-order valence-electron chi connectivity index (χ1n) is 3.07. The van der Waals surface area contributed by atoms with Gasteiger partial charge < -0.3 is 4.74 Å². The van der Waals surface area contributed by atoms with Crippen LogP contribution in [0, 0.1) is 0 Å². The molecule has 0 atom stereocenters. The standard InChI is InChI=1S/C9H12O/c1-4-6-7-9(3)10-8-5-2/h4-8H,1,3H2,2H3/b7-6-,8-5+. The Kier molecular flexibility index (Phi) is 5.16. The van der Waals surface area contributed by atoms with Gasteiger partial charge in [-0.3, -0.25) is 0 Å². The van der Waals surface area contributed by atoms with E-state index < -0.39 is 0 Å². The first-order valence-corrected chi connectivity index (χ1v) is 3.07. The van der Waals surface area contributed by atoms with Crippen LogP contribution in [0.4, 0.5) is 0 Å². The zero-order valence-electron chi connectivity index (χ0n) is 6.21. The van der Waals surface area contributed by atoms with Gasteiger partial charge in [0.25, 0.3) is 0 Å². The molecule has 0 spiro atoms. The Bertz CT molecular complexity index is 164. The molecule has 0 aromatic rings. The molecular weight excluding hydrogens is 124 g/mol. The highest BCUT2D eigenvalue weighted by Crippen LogP contribution is 1.95. The van der Waals surface area contributed by atoms with Crippen molar-refractivity contribution in [1.82, 2.24) is 0 Å². The van der Waals surface area contributed by atoms with Crippen molar-refractivity contribution in [3.8, 4) is 0 Å². The van der Waals surface area contributed by atoms with E-state index in [1.807, 2.05) is 6.92 Å². The van der Waals surface area contributed by atoms with Crippen LogP contribution in [0.15, 0.2) is 49.5 Å². The Morgan fingerprint density at radius 2 is 2.20 bits per heavy atom. The molecule has 0 heterocycles. The molecule has 0 aromatic carbocycles. The van der Waals surface area contributed by atoms with Crippen molar-refractivity contribution in [3.63, 3.8) is 0 Å². The lowest BCUT2D eigenvalue weighted by molar-refractivity contribution is 0.370. The van der Waals surface area contributed by atoms with Crippen molar-refractivity contribution in [2.45, 2.75) is 6.92 Å². The van der Waals surface area contributed by atoms with Crippen LogP contribution < -0.4 is 0 Å². The zero-order chi connectivity index (χ0) is 7.82. The van der Waals surface area contributed by atoms with Crippen molar-refractivity contribution in [1.29, 1.82) is 0 Å². The topological polar surface area (TPSA) is 9.23 Å². The third-order valence-electron chi connectivity index (χ3n) is 0.774. The minimum atomic E-state index is 0.609. The molecule has 0 amide bonds. The molecule has 0 aliphatic rings. The summed E-state index contributed by atoms with van der Waals surface area (Å²) in [6.07, 6.45) is 8.56. The van der Waals surface area contributed by atoms with Gasteiger partial charge in [-0.15, -0.1) is 0 Å². The molecule has 0 aliphatic heterocycles. The number of rotatable bonds is 4. The molecule has 0 aliphatic carbocycles. The van der Waals surface area contributed by atoms with Gasteiger partial charge in [-0.1, -0.05) is 31.4 Å². The lowest BCUT2D eigenvalue weighted by Crippen LogP contribution is -1.74. The number of allylic oxidation sites excluding steroid dienone is 4. The second-order valence-electron chi connectivity index (χ2n) is 1.65. The summed E-state index contributed by atoms with van der Waals surface area (Å²) in [5.74, 6) is 0.609. The maximum Gasteiger partial charge on any atom is 0.119 e. The van der Waals surface area contributed by atoms with Gasteiger partial charge >= 0.3 is 0 Å². The van der Waals surface area contributed by atoms with Gasteiger partial charge in [0.1, 0.15) is 5.76 Å². The molecular formula is C9H12O. The van der Waals surface area contributed by atoms with E-state index >= 15 is 0 Å². The van der Waals surface area contributed by atoms with Crippen LogP contribution in [0.25, 0.3) is 0 Å². The number of hydrogen-bond donors (Lipinski definition) is 0. The Morgan fingerprint density at radius 1 is 1.50 bits per heavy atom. The highest BCUT2D eigenvalue weighted by Gasteiger charge is 1.79. The minimum Gasteiger partial charge on any atom is -0.466 e. The summed E-state index contributed by atoms with van der Waals surface area (Å²) in [6.45, 7) is 9.01. The van der Waals surface area contributed by atoms with Crippen molar-refractivity contribution in [3.05, 3.63) is 49.5 Å². The first-order chi connectivity index (χ1) is 4.81. The summed E-state index contributed by atoms with van der Waals surface area (Å²) in [6, 6.07) is 0.